The number of benzene rings is 1. The van der Waals surface area contributed by atoms with Crippen LogP contribution in [0, 0.1) is 5.82 Å². The van der Waals surface area contributed by atoms with Gasteiger partial charge in [-0.3, -0.25) is 0 Å². The van der Waals surface area contributed by atoms with Gasteiger partial charge in [-0.15, -0.1) is 0 Å². The van der Waals surface area contributed by atoms with Gasteiger partial charge in [0, 0.05) is 30.0 Å². The van der Waals surface area contributed by atoms with E-state index >= 15 is 0 Å². The van der Waals surface area contributed by atoms with Crippen LogP contribution in [0.25, 0.3) is 22.3 Å². The van der Waals surface area contributed by atoms with Crippen molar-refractivity contribution in [3.05, 3.63) is 60.7 Å². The average Bonchev–Trinajstić information content (AvgIpc) is 3.40. The first kappa shape index (κ1) is 19.3. The first-order valence-corrected chi connectivity index (χ1v) is 10.3. The SMILES string of the molecule is COc1cccc(F)c1-c1ccc(N[C@H]2CC[C@H](Nc3nc4cccnc4[nH]3)C2)nc1. The van der Waals surface area contributed by atoms with Crippen LogP contribution in [0.4, 0.5) is 16.2 Å². The number of halogens is 1. The lowest BCUT2D eigenvalue weighted by molar-refractivity contribution is 0.413. The molecule has 0 spiro atoms. The number of H-pyrrole nitrogens is 1. The molecular formula is C23H23FN6O. The van der Waals surface area contributed by atoms with Crippen molar-refractivity contribution >= 4 is 22.9 Å². The van der Waals surface area contributed by atoms with Gasteiger partial charge < -0.3 is 20.4 Å². The Bertz CT molecular complexity index is 1160. The summed E-state index contributed by atoms with van der Waals surface area (Å²) in [6, 6.07) is 13.0. The van der Waals surface area contributed by atoms with Crippen molar-refractivity contribution in [2.45, 2.75) is 31.3 Å². The number of imidazole rings is 1. The second kappa shape index (κ2) is 8.22. The number of fused-ring (bicyclic) bond motifs is 1. The molecule has 2 atom stereocenters. The molecule has 1 aliphatic carbocycles. The molecule has 158 valence electrons. The Labute approximate surface area is 179 Å². The number of hydrogen-bond donors (Lipinski definition) is 3. The van der Waals surface area contributed by atoms with Crippen LogP contribution in [0.3, 0.4) is 0 Å². The van der Waals surface area contributed by atoms with Crippen molar-refractivity contribution in [2.75, 3.05) is 17.7 Å². The van der Waals surface area contributed by atoms with E-state index in [1.807, 2.05) is 24.3 Å². The van der Waals surface area contributed by atoms with Crippen molar-refractivity contribution in [3.8, 4) is 16.9 Å². The normalized spacial score (nSPS) is 18.3. The van der Waals surface area contributed by atoms with Gasteiger partial charge in [-0.1, -0.05) is 6.07 Å². The summed E-state index contributed by atoms with van der Waals surface area (Å²) in [5, 5.41) is 6.96. The lowest BCUT2D eigenvalue weighted by Gasteiger charge is -2.15. The molecule has 3 heterocycles. The molecule has 0 amide bonds. The number of aromatic nitrogens is 4. The number of nitrogens with one attached hydrogen (secondary N) is 3. The van der Waals surface area contributed by atoms with Gasteiger partial charge in [-0.25, -0.2) is 19.3 Å². The van der Waals surface area contributed by atoms with Crippen LogP contribution in [0.2, 0.25) is 0 Å². The summed E-state index contributed by atoms with van der Waals surface area (Å²) in [5.41, 5.74) is 2.75. The maximum Gasteiger partial charge on any atom is 0.202 e. The maximum atomic E-state index is 14.3. The highest BCUT2D eigenvalue weighted by Crippen LogP contribution is 2.33. The van der Waals surface area contributed by atoms with Gasteiger partial charge in [0.15, 0.2) is 5.65 Å². The Hall–Kier alpha value is -3.68. The minimum Gasteiger partial charge on any atom is -0.496 e. The predicted molar refractivity (Wildman–Crippen MR) is 119 cm³/mol. The predicted octanol–water partition coefficient (Wildman–Crippen LogP) is 4.61. The third-order valence-corrected chi connectivity index (χ3v) is 5.63. The van der Waals surface area contributed by atoms with E-state index in [4.69, 9.17) is 4.74 Å². The number of aromatic amines is 1. The summed E-state index contributed by atoms with van der Waals surface area (Å²) in [6.45, 7) is 0. The Morgan fingerprint density at radius 2 is 1.90 bits per heavy atom. The molecule has 1 saturated carbocycles. The molecule has 0 saturated heterocycles. The maximum absolute atomic E-state index is 14.3. The summed E-state index contributed by atoms with van der Waals surface area (Å²) in [4.78, 5) is 16.5. The first-order chi connectivity index (χ1) is 15.2. The summed E-state index contributed by atoms with van der Waals surface area (Å²) >= 11 is 0. The topological polar surface area (TPSA) is 87.8 Å². The minimum absolute atomic E-state index is 0.307. The van der Waals surface area contributed by atoms with Crippen molar-refractivity contribution < 1.29 is 9.13 Å². The van der Waals surface area contributed by atoms with Gasteiger partial charge in [0.05, 0.1) is 12.7 Å². The number of hydrogen-bond acceptors (Lipinski definition) is 6. The average molecular weight is 418 g/mol. The molecular weight excluding hydrogens is 395 g/mol. The lowest BCUT2D eigenvalue weighted by atomic mass is 10.1. The van der Waals surface area contributed by atoms with Gasteiger partial charge in [0.25, 0.3) is 0 Å². The highest BCUT2D eigenvalue weighted by atomic mass is 19.1. The summed E-state index contributed by atoms with van der Waals surface area (Å²) < 4.78 is 19.6. The smallest absolute Gasteiger partial charge is 0.202 e. The van der Waals surface area contributed by atoms with Crippen molar-refractivity contribution in [2.24, 2.45) is 0 Å². The van der Waals surface area contributed by atoms with Gasteiger partial charge in [-0.05, 0) is 55.7 Å². The summed E-state index contributed by atoms with van der Waals surface area (Å²) in [6.07, 6.45) is 6.44. The Balaban J connectivity index is 1.22. The van der Waals surface area contributed by atoms with E-state index in [-0.39, 0.29) is 5.82 Å². The Kier molecular flexibility index (Phi) is 5.11. The van der Waals surface area contributed by atoms with Crippen LogP contribution in [-0.2, 0) is 0 Å². The fourth-order valence-corrected chi connectivity index (χ4v) is 4.14. The van der Waals surface area contributed by atoms with Crippen LogP contribution in [0.15, 0.2) is 54.9 Å². The van der Waals surface area contributed by atoms with E-state index in [1.165, 1.54) is 13.2 Å². The highest BCUT2D eigenvalue weighted by Gasteiger charge is 2.25. The molecule has 3 N–H and O–H groups in total. The third kappa shape index (κ3) is 4.01. The minimum atomic E-state index is -0.327. The molecule has 0 bridgehead atoms. The lowest BCUT2D eigenvalue weighted by Crippen LogP contribution is -2.21. The zero-order valence-electron chi connectivity index (χ0n) is 17.1. The molecule has 1 fully saturated rings. The Morgan fingerprint density at radius 3 is 2.68 bits per heavy atom. The summed E-state index contributed by atoms with van der Waals surface area (Å²) in [7, 11) is 1.54. The molecule has 5 rings (SSSR count). The molecule has 7 nitrogen and oxygen atoms in total. The van der Waals surface area contributed by atoms with Crippen LogP contribution >= 0.6 is 0 Å². The van der Waals surface area contributed by atoms with E-state index in [2.05, 4.69) is 30.6 Å². The molecule has 0 unspecified atom stereocenters. The Morgan fingerprint density at radius 1 is 1.03 bits per heavy atom. The molecule has 0 aliphatic heterocycles. The highest BCUT2D eigenvalue weighted by molar-refractivity contribution is 5.73. The second-order valence-corrected chi connectivity index (χ2v) is 7.70. The van der Waals surface area contributed by atoms with E-state index < -0.39 is 0 Å². The number of methoxy groups -OCH3 is 1. The van der Waals surface area contributed by atoms with Crippen LogP contribution in [-0.4, -0.2) is 39.1 Å². The summed E-state index contributed by atoms with van der Waals surface area (Å²) in [5.74, 6) is 1.69. The molecule has 1 aliphatic rings. The zero-order valence-corrected chi connectivity index (χ0v) is 17.1. The second-order valence-electron chi connectivity index (χ2n) is 7.70. The van der Waals surface area contributed by atoms with Crippen LogP contribution in [0.5, 0.6) is 5.75 Å². The van der Waals surface area contributed by atoms with E-state index in [1.54, 1.807) is 24.5 Å². The van der Waals surface area contributed by atoms with Crippen LogP contribution < -0.4 is 15.4 Å². The zero-order chi connectivity index (χ0) is 21.2. The van der Waals surface area contributed by atoms with Crippen molar-refractivity contribution in [3.63, 3.8) is 0 Å². The fourth-order valence-electron chi connectivity index (χ4n) is 4.14. The fraction of sp³-hybridized carbons (Fsp3) is 0.261. The first-order valence-electron chi connectivity index (χ1n) is 10.3. The van der Waals surface area contributed by atoms with Crippen molar-refractivity contribution in [1.29, 1.82) is 0 Å². The van der Waals surface area contributed by atoms with Gasteiger partial charge in [0.1, 0.15) is 22.9 Å². The number of anilines is 2. The van der Waals surface area contributed by atoms with E-state index in [0.717, 1.165) is 42.2 Å². The van der Waals surface area contributed by atoms with Gasteiger partial charge in [-0.2, -0.15) is 0 Å². The molecule has 8 heteroatoms. The number of ether oxygens (including phenoxy) is 1. The quantitative estimate of drug-likeness (QED) is 0.424. The molecule has 0 radical (unpaired) electrons. The molecule has 1 aromatic carbocycles. The van der Waals surface area contributed by atoms with Crippen LogP contribution in [0.1, 0.15) is 19.3 Å². The standard InChI is InChI=1S/C23H23FN6O/c1-31-19-6-2-4-17(24)21(19)14-7-10-20(26-13-14)27-15-8-9-16(12-15)28-23-29-18-5-3-11-25-22(18)30-23/h2-7,10-11,13,15-16H,8-9,12H2,1H3,(H,26,27)(H2,25,28,29,30)/t15-,16-/m0/s1. The molecule has 31 heavy (non-hydrogen) atoms. The number of pyridine rings is 2. The van der Waals surface area contributed by atoms with E-state index in [0.29, 0.717) is 29.0 Å². The molecule has 4 aromatic rings. The monoisotopic (exact) mass is 418 g/mol. The van der Waals surface area contributed by atoms with E-state index in [9.17, 15) is 4.39 Å². The largest absolute Gasteiger partial charge is 0.496 e. The van der Waals surface area contributed by atoms with Crippen molar-refractivity contribution in [1.82, 2.24) is 19.9 Å². The van der Waals surface area contributed by atoms with Gasteiger partial charge >= 0.3 is 0 Å². The third-order valence-electron chi connectivity index (χ3n) is 5.63. The molecule has 3 aromatic heterocycles. The number of nitrogens with zero attached hydrogens (tertiary/aromatic N) is 3. The van der Waals surface area contributed by atoms with Gasteiger partial charge in [0.2, 0.25) is 5.95 Å². The number of rotatable bonds is 6.